The first-order valence-electron chi connectivity index (χ1n) is 7.55. The largest absolute Gasteiger partial charge is 1.00 e. The van der Waals surface area contributed by atoms with Gasteiger partial charge >= 0.3 is 29.6 Å². The molecular formula is C16H23NaO4S. The molecule has 4 nitrogen and oxygen atoms in total. The zero-order valence-electron chi connectivity index (χ0n) is 13.5. The molecule has 0 amide bonds. The molecule has 0 aliphatic rings. The average molecular weight is 334 g/mol. The van der Waals surface area contributed by atoms with Crippen LogP contribution >= 0.6 is 0 Å². The molecule has 22 heavy (non-hydrogen) atoms. The fourth-order valence-corrected chi connectivity index (χ4v) is 2.99. The molecule has 0 atom stereocenters. The van der Waals surface area contributed by atoms with E-state index in [0.29, 0.717) is 6.42 Å². The van der Waals surface area contributed by atoms with Gasteiger partial charge in [0.2, 0.25) is 0 Å². The van der Waals surface area contributed by atoms with Crippen molar-refractivity contribution in [3.05, 3.63) is 29.8 Å². The number of ketones is 1. The fraction of sp³-hybridized carbons (Fsp3) is 0.562. The van der Waals surface area contributed by atoms with Crippen molar-refractivity contribution in [3.8, 4) is 0 Å². The summed E-state index contributed by atoms with van der Waals surface area (Å²) in [7, 11) is -4.59. The SMILES string of the molecule is CCCCCCCCCC(=O)c1ccccc1S(=O)(=O)[O-].[Na+]. The third kappa shape index (κ3) is 7.88. The van der Waals surface area contributed by atoms with E-state index in [4.69, 9.17) is 0 Å². The number of benzene rings is 1. The summed E-state index contributed by atoms with van der Waals surface area (Å²) in [5.41, 5.74) is 0.0264. The molecule has 0 N–H and O–H groups in total. The standard InChI is InChI=1S/C16H24O4S.Na/c1-2-3-4-5-6-7-8-12-15(17)14-11-9-10-13-16(14)21(18,19)20;/h9-11,13H,2-8,12H2,1H3,(H,18,19,20);/q;+1/p-1. The predicted molar refractivity (Wildman–Crippen MR) is 81.3 cm³/mol. The van der Waals surface area contributed by atoms with Crippen molar-refractivity contribution >= 4 is 15.9 Å². The smallest absolute Gasteiger partial charge is 0.744 e. The Labute approximate surface area is 155 Å². The number of rotatable bonds is 10. The minimum absolute atomic E-state index is 0. The summed E-state index contributed by atoms with van der Waals surface area (Å²) in [5.74, 6) is -0.265. The second-order valence-electron chi connectivity index (χ2n) is 5.24. The fourth-order valence-electron chi connectivity index (χ4n) is 2.29. The minimum atomic E-state index is -4.59. The third-order valence-electron chi connectivity index (χ3n) is 3.46. The van der Waals surface area contributed by atoms with E-state index in [2.05, 4.69) is 6.92 Å². The average Bonchev–Trinajstić information content (AvgIpc) is 2.45. The monoisotopic (exact) mass is 334 g/mol. The third-order valence-corrected chi connectivity index (χ3v) is 4.36. The molecule has 0 aliphatic heterocycles. The maximum absolute atomic E-state index is 12.0. The molecule has 0 radical (unpaired) electrons. The van der Waals surface area contributed by atoms with E-state index in [1.807, 2.05) is 0 Å². The Bertz CT molecular complexity index is 555. The van der Waals surface area contributed by atoms with Gasteiger partial charge in [0, 0.05) is 12.0 Å². The van der Waals surface area contributed by atoms with E-state index < -0.39 is 15.0 Å². The van der Waals surface area contributed by atoms with Crippen LogP contribution in [0.3, 0.4) is 0 Å². The number of hydrogen-bond donors (Lipinski definition) is 0. The Balaban J connectivity index is 0.00000441. The van der Waals surface area contributed by atoms with Crippen LogP contribution in [0.25, 0.3) is 0 Å². The molecule has 0 spiro atoms. The van der Waals surface area contributed by atoms with Gasteiger partial charge in [0.1, 0.15) is 10.1 Å². The maximum Gasteiger partial charge on any atom is 1.00 e. The molecule has 1 rings (SSSR count). The second-order valence-corrected chi connectivity index (χ2v) is 6.59. The molecule has 0 aliphatic carbocycles. The van der Waals surface area contributed by atoms with Gasteiger partial charge in [0.05, 0.1) is 4.90 Å². The van der Waals surface area contributed by atoms with Gasteiger partial charge in [-0.15, -0.1) is 0 Å². The number of hydrogen-bond acceptors (Lipinski definition) is 4. The minimum Gasteiger partial charge on any atom is -0.744 e. The van der Waals surface area contributed by atoms with E-state index in [0.717, 1.165) is 19.3 Å². The molecule has 0 unspecified atom stereocenters. The van der Waals surface area contributed by atoms with Gasteiger partial charge in [-0.3, -0.25) is 4.79 Å². The van der Waals surface area contributed by atoms with Crippen molar-refractivity contribution in [2.45, 2.75) is 63.2 Å². The maximum atomic E-state index is 12.0. The van der Waals surface area contributed by atoms with Gasteiger partial charge in [0.25, 0.3) is 0 Å². The molecule has 118 valence electrons. The molecule has 0 saturated carbocycles. The number of Topliss-reactive ketones (excluding diaryl/α,β-unsaturated/α-hetero) is 1. The normalized spacial score (nSPS) is 11.0. The quantitative estimate of drug-likeness (QED) is 0.276. The summed E-state index contributed by atoms with van der Waals surface area (Å²) < 4.78 is 33.4. The van der Waals surface area contributed by atoms with Gasteiger partial charge < -0.3 is 4.55 Å². The molecule has 0 heterocycles. The summed E-state index contributed by atoms with van der Waals surface area (Å²) in [6, 6.07) is 5.64. The van der Waals surface area contributed by atoms with Gasteiger partial charge in [-0.1, -0.05) is 63.6 Å². The van der Waals surface area contributed by atoms with Gasteiger partial charge in [-0.25, -0.2) is 8.42 Å². The molecule has 0 fully saturated rings. The summed E-state index contributed by atoms with van der Waals surface area (Å²) in [6.45, 7) is 2.17. The van der Waals surface area contributed by atoms with Gasteiger partial charge in [-0.2, -0.15) is 0 Å². The van der Waals surface area contributed by atoms with Gasteiger partial charge in [-0.05, 0) is 12.5 Å². The van der Waals surface area contributed by atoms with E-state index in [1.165, 1.54) is 43.9 Å². The zero-order chi connectivity index (χ0) is 15.7. The molecule has 6 heteroatoms. The van der Waals surface area contributed by atoms with E-state index in [9.17, 15) is 17.8 Å². The van der Waals surface area contributed by atoms with Crippen molar-refractivity contribution in [1.29, 1.82) is 0 Å². The Kier molecular flexibility index (Phi) is 11.3. The van der Waals surface area contributed by atoms with E-state index >= 15 is 0 Å². The first kappa shape index (κ1) is 21.8. The Morgan fingerprint density at radius 1 is 1.00 bits per heavy atom. The van der Waals surface area contributed by atoms with Crippen LogP contribution in [-0.4, -0.2) is 18.8 Å². The van der Waals surface area contributed by atoms with Gasteiger partial charge in [0.15, 0.2) is 5.78 Å². The summed E-state index contributed by atoms with van der Waals surface area (Å²) in [4.78, 5) is 11.6. The van der Waals surface area contributed by atoms with E-state index in [1.54, 1.807) is 6.07 Å². The summed E-state index contributed by atoms with van der Waals surface area (Å²) in [6.07, 6.45) is 7.93. The van der Waals surface area contributed by atoms with Crippen LogP contribution in [-0.2, 0) is 10.1 Å². The Morgan fingerprint density at radius 2 is 1.55 bits per heavy atom. The zero-order valence-corrected chi connectivity index (χ0v) is 16.3. The first-order valence-corrected chi connectivity index (χ1v) is 8.95. The van der Waals surface area contributed by atoms with Crippen LogP contribution in [0.1, 0.15) is 68.6 Å². The summed E-state index contributed by atoms with van der Waals surface area (Å²) in [5, 5.41) is 0. The second kappa shape index (κ2) is 11.4. The van der Waals surface area contributed by atoms with Crippen molar-refractivity contribution in [2.75, 3.05) is 0 Å². The van der Waals surface area contributed by atoms with Crippen LogP contribution < -0.4 is 29.6 Å². The predicted octanol–water partition coefficient (Wildman–Crippen LogP) is 0.918. The first-order chi connectivity index (χ1) is 9.96. The van der Waals surface area contributed by atoms with Crippen LogP contribution in [0.5, 0.6) is 0 Å². The molecule has 0 saturated heterocycles. The van der Waals surface area contributed by atoms with Crippen LogP contribution in [0.2, 0.25) is 0 Å². The molecule has 0 aromatic heterocycles. The Hall–Kier alpha value is -0.200. The molecule has 1 aromatic rings. The number of carbonyl (C=O) groups is 1. The van der Waals surface area contributed by atoms with Crippen molar-refractivity contribution in [3.63, 3.8) is 0 Å². The summed E-state index contributed by atoms with van der Waals surface area (Å²) >= 11 is 0. The number of unbranched alkanes of at least 4 members (excludes halogenated alkanes) is 6. The number of carbonyl (C=O) groups excluding carboxylic acids is 1. The Morgan fingerprint density at radius 3 is 2.14 bits per heavy atom. The van der Waals surface area contributed by atoms with E-state index in [-0.39, 0.29) is 40.9 Å². The van der Waals surface area contributed by atoms with Crippen LogP contribution in [0, 0.1) is 0 Å². The molecule has 1 aromatic carbocycles. The topological polar surface area (TPSA) is 74.3 Å². The van der Waals surface area contributed by atoms with Crippen LogP contribution in [0.15, 0.2) is 29.2 Å². The molecule has 0 bridgehead atoms. The van der Waals surface area contributed by atoms with Crippen molar-refractivity contribution in [1.82, 2.24) is 0 Å². The molecular weight excluding hydrogens is 311 g/mol. The van der Waals surface area contributed by atoms with Crippen LogP contribution in [0.4, 0.5) is 0 Å². The van der Waals surface area contributed by atoms with Crippen molar-refractivity contribution < 1.29 is 47.3 Å². The van der Waals surface area contributed by atoms with Crippen molar-refractivity contribution in [2.24, 2.45) is 0 Å².